The van der Waals surface area contributed by atoms with Gasteiger partial charge >= 0.3 is 17.9 Å². The number of rotatable bonds is 2. The second-order valence-corrected chi connectivity index (χ2v) is 13.4. The lowest BCUT2D eigenvalue weighted by Gasteiger charge is -2.62. The monoisotopic (exact) mass is 486 g/mol. The van der Waals surface area contributed by atoms with Gasteiger partial charge in [0.1, 0.15) is 23.9 Å². The smallest absolute Gasteiger partial charge is 0.331 e. The molecule has 3 unspecified atom stereocenters. The predicted molar refractivity (Wildman–Crippen MR) is 125 cm³/mol. The van der Waals surface area contributed by atoms with Crippen LogP contribution in [-0.2, 0) is 28.6 Å². The molecule has 192 valence electrons. The maximum Gasteiger partial charge on any atom is 0.331 e. The van der Waals surface area contributed by atoms with Crippen LogP contribution in [-0.4, -0.2) is 46.9 Å². The lowest BCUT2D eigenvalue weighted by Crippen LogP contribution is -2.70. The van der Waals surface area contributed by atoms with Crippen LogP contribution < -0.4 is 0 Å². The van der Waals surface area contributed by atoms with Gasteiger partial charge in [0.05, 0.1) is 10.8 Å². The molecule has 4 aliphatic carbocycles. The minimum absolute atomic E-state index is 0.0206. The van der Waals surface area contributed by atoms with Crippen molar-refractivity contribution in [1.82, 2.24) is 0 Å². The molecule has 1 saturated heterocycles. The first-order valence-electron chi connectivity index (χ1n) is 13.4. The highest BCUT2D eigenvalue weighted by Crippen LogP contribution is 2.75. The number of cyclic esters (lactones) is 1. The Morgan fingerprint density at radius 1 is 1.09 bits per heavy atom. The van der Waals surface area contributed by atoms with Gasteiger partial charge < -0.3 is 19.3 Å². The summed E-state index contributed by atoms with van der Waals surface area (Å²) in [4.78, 5) is 38.1. The number of esters is 3. The van der Waals surface area contributed by atoms with Gasteiger partial charge in [-0.05, 0) is 96.0 Å². The van der Waals surface area contributed by atoms with E-state index in [-0.39, 0.29) is 41.8 Å². The molecular formula is C28H38O7. The molecule has 7 heteroatoms. The first-order chi connectivity index (χ1) is 16.4. The molecule has 4 saturated carbocycles. The standard InChI is InChI=1S/C28H38O7/c1-24(2,3)22(30)34-18-6-10-26-17(14-18)5-11-27(35-23(26)31)20(26)8-9-25(4)19(7-12-28(25,27)32)16-13-21(29)33-15-16/h13,17-20,32H,5-12,14-15H2,1-4H3/t17-,18?,19-,20?,25-,26-,27?,28-/m1/s1. The molecular weight excluding hydrogens is 448 g/mol. The first-order valence-corrected chi connectivity index (χ1v) is 13.4. The van der Waals surface area contributed by atoms with Gasteiger partial charge in [0.25, 0.3) is 0 Å². The third-order valence-electron chi connectivity index (χ3n) is 11.0. The Labute approximate surface area is 206 Å². The van der Waals surface area contributed by atoms with Crippen molar-refractivity contribution >= 4 is 17.9 Å². The van der Waals surface area contributed by atoms with Gasteiger partial charge in [0, 0.05) is 17.4 Å². The Morgan fingerprint density at radius 3 is 2.54 bits per heavy atom. The summed E-state index contributed by atoms with van der Waals surface area (Å²) in [6.07, 6.45) is 7.81. The third-order valence-corrected chi connectivity index (χ3v) is 11.0. The van der Waals surface area contributed by atoms with Crippen molar-refractivity contribution in [3.05, 3.63) is 11.6 Å². The van der Waals surface area contributed by atoms with Crippen molar-refractivity contribution in [2.75, 3.05) is 6.61 Å². The SMILES string of the molecule is CC(C)(C)C(=O)OC1CC[C@@]23C(=O)OC4(CC[C@@H]2C1)C3CC[C@]1(C)[C@@H](C2=CC(=O)OC2)CC[C@]41O. The highest BCUT2D eigenvalue weighted by Gasteiger charge is 2.82. The van der Waals surface area contributed by atoms with E-state index in [1.165, 1.54) is 0 Å². The summed E-state index contributed by atoms with van der Waals surface area (Å²) in [6, 6.07) is 0. The minimum Gasteiger partial charge on any atom is -0.462 e. The molecule has 2 bridgehead atoms. The molecule has 6 rings (SSSR count). The fraction of sp³-hybridized carbons (Fsp3) is 0.821. The van der Waals surface area contributed by atoms with E-state index in [2.05, 4.69) is 6.92 Å². The number of fused-ring (bicyclic) bond motifs is 1. The van der Waals surface area contributed by atoms with E-state index in [1.807, 2.05) is 20.8 Å². The van der Waals surface area contributed by atoms with Crippen LogP contribution in [0.4, 0.5) is 0 Å². The molecule has 1 spiro atoms. The van der Waals surface area contributed by atoms with E-state index in [1.54, 1.807) is 6.08 Å². The first kappa shape index (κ1) is 23.5. The summed E-state index contributed by atoms with van der Waals surface area (Å²) in [5, 5.41) is 12.5. The van der Waals surface area contributed by atoms with Gasteiger partial charge in [-0.1, -0.05) is 6.92 Å². The highest BCUT2D eigenvalue weighted by molar-refractivity contribution is 5.85. The number of carbonyl (C=O) groups is 3. The zero-order chi connectivity index (χ0) is 25.0. The van der Waals surface area contributed by atoms with Crippen molar-refractivity contribution in [2.45, 2.75) is 103 Å². The molecule has 0 aromatic carbocycles. The van der Waals surface area contributed by atoms with Crippen LogP contribution in [0.1, 0.15) is 85.5 Å². The van der Waals surface area contributed by atoms with Crippen LogP contribution in [0.3, 0.4) is 0 Å². The summed E-state index contributed by atoms with van der Waals surface area (Å²) in [7, 11) is 0. The van der Waals surface area contributed by atoms with Crippen molar-refractivity contribution < 1.29 is 33.7 Å². The highest BCUT2D eigenvalue weighted by atomic mass is 16.6. The van der Waals surface area contributed by atoms with Crippen LogP contribution >= 0.6 is 0 Å². The lowest BCUT2D eigenvalue weighted by atomic mass is 9.42. The summed E-state index contributed by atoms with van der Waals surface area (Å²) in [6.45, 7) is 8.02. The number of carbonyl (C=O) groups excluding carboxylic acids is 3. The molecule has 7 nitrogen and oxygen atoms in total. The van der Waals surface area contributed by atoms with Gasteiger partial charge in [0.2, 0.25) is 0 Å². The number of ether oxygens (including phenoxy) is 3. The predicted octanol–water partition coefficient (Wildman–Crippen LogP) is 3.86. The molecule has 0 aromatic heterocycles. The van der Waals surface area contributed by atoms with Gasteiger partial charge in [0.15, 0.2) is 0 Å². The average molecular weight is 487 g/mol. The van der Waals surface area contributed by atoms with Crippen molar-refractivity contribution in [3.63, 3.8) is 0 Å². The Bertz CT molecular complexity index is 1020. The Hall–Kier alpha value is -1.89. The molecule has 0 amide bonds. The molecule has 35 heavy (non-hydrogen) atoms. The van der Waals surface area contributed by atoms with Crippen LogP contribution in [0.5, 0.6) is 0 Å². The quantitative estimate of drug-likeness (QED) is 0.467. The van der Waals surface area contributed by atoms with E-state index in [0.29, 0.717) is 38.7 Å². The van der Waals surface area contributed by atoms with Crippen molar-refractivity contribution in [2.24, 2.45) is 34.0 Å². The molecule has 6 aliphatic rings. The van der Waals surface area contributed by atoms with Gasteiger partial charge in [-0.3, -0.25) is 9.59 Å². The van der Waals surface area contributed by atoms with E-state index in [9.17, 15) is 19.5 Å². The zero-order valence-electron chi connectivity index (χ0n) is 21.4. The number of aliphatic hydroxyl groups is 1. The Balaban J connectivity index is 1.30. The number of hydrogen-bond donors (Lipinski definition) is 1. The molecule has 0 radical (unpaired) electrons. The summed E-state index contributed by atoms with van der Waals surface area (Å²) in [5.74, 6) is -0.508. The van der Waals surface area contributed by atoms with Crippen LogP contribution in [0.15, 0.2) is 11.6 Å². The van der Waals surface area contributed by atoms with Gasteiger partial charge in [-0.25, -0.2) is 4.79 Å². The van der Waals surface area contributed by atoms with Crippen LogP contribution in [0, 0.1) is 34.0 Å². The topological polar surface area (TPSA) is 99.1 Å². The molecule has 0 aromatic rings. The maximum absolute atomic E-state index is 13.8. The summed E-state index contributed by atoms with van der Waals surface area (Å²) < 4.78 is 17.5. The third kappa shape index (κ3) is 2.79. The van der Waals surface area contributed by atoms with E-state index >= 15 is 0 Å². The second-order valence-electron chi connectivity index (χ2n) is 13.4. The molecule has 5 fully saturated rings. The fourth-order valence-electron chi connectivity index (χ4n) is 9.31. The molecule has 2 aliphatic heterocycles. The fourth-order valence-corrected chi connectivity index (χ4v) is 9.31. The molecule has 8 atom stereocenters. The van der Waals surface area contributed by atoms with Crippen molar-refractivity contribution in [3.8, 4) is 0 Å². The largest absolute Gasteiger partial charge is 0.462 e. The van der Waals surface area contributed by atoms with Gasteiger partial charge in [-0.15, -0.1) is 0 Å². The van der Waals surface area contributed by atoms with Crippen LogP contribution in [0.2, 0.25) is 0 Å². The Morgan fingerprint density at radius 2 is 1.86 bits per heavy atom. The summed E-state index contributed by atoms with van der Waals surface area (Å²) >= 11 is 0. The molecule has 2 heterocycles. The lowest BCUT2D eigenvalue weighted by molar-refractivity contribution is -0.258. The normalized spacial score (nSPS) is 48.3. The van der Waals surface area contributed by atoms with Crippen LogP contribution in [0.25, 0.3) is 0 Å². The van der Waals surface area contributed by atoms with E-state index < -0.39 is 27.4 Å². The number of hydrogen-bond acceptors (Lipinski definition) is 7. The Kier molecular flexibility index (Phi) is 4.78. The second kappa shape index (κ2) is 7.11. The zero-order valence-corrected chi connectivity index (χ0v) is 21.4. The average Bonchev–Trinajstić information content (AvgIpc) is 3.37. The van der Waals surface area contributed by atoms with E-state index in [4.69, 9.17) is 14.2 Å². The van der Waals surface area contributed by atoms with Gasteiger partial charge in [-0.2, -0.15) is 0 Å². The van der Waals surface area contributed by atoms with Crippen molar-refractivity contribution in [1.29, 1.82) is 0 Å². The summed E-state index contributed by atoms with van der Waals surface area (Å²) in [5.41, 5.74) is -2.65. The maximum atomic E-state index is 13.8. The van der Waals surface area contributed by atoms with E-state index in [0.717, 1.165) is 31.3 Å². The molecule has 1 N–H and O–H groups in total. The minimum atomic E-state index is -1.13.